The molecule has 2 N–H and O–H groups in total. The van der Waals surface area contributed by atoms with E-state index in [9.17, 15) is 9.18 Å². The van der Waals surface area contributed by atoms with Crippen LogP contribution in [-0.4, -0.2) is 6.03 Å². The molecular formula is C16H14ClFN2O. The van der Waals surface area contributed by atoms with E-state index >= 15 is 0 Å². The number of halogens is 2. The average Bonchev–Trinajstić information content (AvgIpc) is 2.45. The number of carbonyl (C=O) groups excluding carboxylic acids is 1. The number of rotatable bonds is 3. The van der Waals surface area contributed by atoms with Gasteiger partial charge in [0, 0.05) is 22.5 Å². The summed E-state index contributed by atoms with van der Waals surface area (Å²) in [6, 6.07) is 11.1. The van der Waals surface area contributed by atoms with Crippen LogP contribution in [0.1, 0.15) is 11.1 Å². The van der Waals surface area contributed by atoms with Gasteiger partial charge in [-0.1, -0.05) is 35.9 Å². The number of carbonyl (C=O) groups is 1. The van der Waals surface area contributed by atoms with Crippen LogP contribution in [0, 0.1) is 12.7 Å². The Labute approximate surface area is 127 Å². The first-order valence-corrected chi connectivity index (χ1v) is 6.69. The van der Waals surface area contributed by atoms with Gasteiger partial charge in [-0.2, -0.15) is 0 Å². The second kappa shape index (κ2) is 6.90. The SMILES string of the molecule is Cc1ccc(NC(=O)N/C=C/c2ccccc2F)cc1Cl. The third kappa shape index (κ3) is 4.33. The summed E-state index contributed by atoms with van der Waals surface area (Å²) in [4.78, 5) is 11.7. The maximum absolute atomic E-state index is 13.3. The molecule has 0 aliphatic carbocycles. The number of nitrogens with one attached hydrogen (secondary N) is 2. The van der Waals surface area contributed by atoms with Crippen molar-refractivity contribution in [2.75, 3.05) is 5.32 Å². The number of anilines is 1. The molecule has 0 radical (unpaired) electrons. The standard InChI is InChI=1S/C16H14ClFN2O/c1-11-6-7-13(10-14(11)17)20-16(21)19-9-8-12-4-2-3-5-15(12)18/h2-10H,1H3,(H2,19,20,21)/b9-8+. The summed E-state index contributed by atoms with van der Waals surface area (Å²) in [6.45, 7) is 1.88. The average molecular weight is 305 g/mol. The van der Waals surface area contributed by atoms with Crippen LogP contribution in [-0.2, 0) is 0 Å². The molecule has 5 heteroatoms. The van der Waals surface area contributed by atoms with Gasteiger partial charge in [0.2, 0.25) is 0 Å². The molecule has 2 aromatic rings. The van der Waals surface area contributed by atoms with E-state index < -0.39 is 6.03 Å². The summed E-state index contributed by atoms with van der Waals surface area (Å²) in [6.07, 6.45) is 2.86. The van der Waals surface area contributed by atoms with Crippen LogP contribution in [0.2, 0.25) is 5.02 Å². The van der Waals surface area contributed by atoms with Gasteiger partial charge in [0.05, 0.1) is 0 Å². The van der Waals surface area contributed by atoms with Crippen molar-refractivity contribution in [3.8, 4) is 0 Å². The Balaban J connectivity index is 1.93. The summed E-state index contributed by atoms with van der Waals surface area (Å²) in [5.74, 6) is -0.346. The molecule has 0 aliphatic heterocycles. The van der Waals surface area contributed by atoms with Gasteiger partial charge in [0.15, 0.2) is 0 Å². The molecular weight excluding hydrogens is 291 g/mol. The Morgan fingerprint density at radius 3 is 2.71 bits per heavy atom. The topological polar surface area (TPSA) is 41.1 Å². The maximum atomic E-state index is 13.3. The highest BCUT2D eigenvalue weighted by Gasteiger charge is 2.02. The lowest BCUT2D eigenvalue weighted by Gasteiger charge is -2.06. The molecule has 0 spiro atoms. The van der Waals surface area contributed by atoms with Gasteiger partial charge < -0.3 is 10.6 Å². The van der Waals surface area contributed by atoms with Crippen molar-refractivity contribution in [1.82, 2.24) is 5.32 Å². The first kappa shape index (κ1) is 15.1. The molecule has 0 heterocycles. The van der Waals surface area contributed by atoms with Crippen LogP contribution in [0.25, 0.3) is 6.08 Å². The third-order valence-electron chi connectivity index (χ3n) is 2.81. The van der Waals surface area contributed by atoms with Crippen molar-refractivity contribution in [1.29, 1.82) is 0 Å². The lowest BCUT2D eigenvalue weighted by Crippen LogP contribution is -2.23. The van der Waals surface area contributed by atoms with Crippen molar-refractivity contribution < 1.29 is 9.18 Å². The quantitative estimate of drug-likeness (QED) is 0.856. The largest absolute Gasteiger partial charge is 0.323 e. The molecule has 0 saturated heterocycles. The summed E-state index contributed by atoms with van der Waals surface area (Å²) in [5.41, 5.74) is 1.92. The predicted octanol–water partition coefficient (Wildman–Crippen LogP) is 4.58. The minimum Gasteiger partial charge on any atom is -0.314 e. The molecule has 2 rings (SSSR count). The molecule has 0 fully saturated rings. The molecule has 0 aliphatic rings. The van der Waals surface area contributed by atoms with E-state index in [4.69, 9.17) is 11.6 Å². The van der Waals surface area contributed by atoms with Crippen molar-refractivity contribution in [2.45, 2.75) is 6.92 Å². The monoisotopic (exact) mass is 304 g/mol. The smallest absolute Gasteiger partial charge is 0.314 e. The van der Waals surface area contributed by atoms with Crippen molar-refractivity contribution >= 4 is 29.4 Å². The number of hydrogen-bond acceptors (Lipinski definition) is 1. The van der Waals surface area contributed by atoms with Gasteiger partial charge >= 0.3 is 6.03 Å². The van der Waals surface area contributed by atoms with Gasteiger partial charge in [-0.3, -0.25) is 0 Å². The number of amides is 2. The van der Waals surface area contributed by atoms with E-state index in [2.05, 4.69) is 10.6 Å². The third-order valence-corrected chi connectivity index (χ3v) is 3.22. The fourth-order valence-corrected chi connectivity index (χ4v) is 1.84. The Morgan fingerprint density at radius 2 is 2.00 bits per heavy atom. The number of urea groups is 1. The molecule has 108 valence electrons. The summed E-state index contributed by atoms with van der Waals surface area (Å²) >= 11 is 5.97. The van der Waals surface area contributed by atoms with Crippen LogP contribution < -0.4 is 10.6 Å². The lowest BCUT2D eigenvalue weighted by atomic mass is 10.2. The molecule has 0 unspecified atom stereocenters. The Hall–Kier alpha value is -2.33. The van der Waals surface area contributed by atoms with Gasteiger partial charge in [-0.05, 0) is 36.8 Å². The zero-order valence-electron chi connectivity index (χ0n) is 11.4. The molecule has 2 amide bonds. The predicted molar refractivity (Wildman–Crippen MR) is 83.8 cm³/mol. The Morgan fingerprint density at radius 1 is 1.24 bits per heavy atom. The van der Waals surface area contributed by atoms with Crippen molar-refractivity contribution in [2.24, 2.45) is 0 Å². The van der Waals surface area contributed by atoms with E-state index in [1.807, 2.05) is 13.0 Å². The zero-order chi connectivity index (χ0) is 15.2. The number of aryl methyl sites for hydroxylation is 1. The zero-order valence-corrected chi connectivity index (χ0v) is 12.1. The van der Waals surface area contributed by atoms with E-state index in [-0.39, 0.29) is 5.82 Å². The Bertz CT molecular complexity index is 686. The summed E-state index contributed by atoms with van der Waals surface area (Å²) in [5, 5.41) is 5.71. The van der Waals surface area contributed by atoms with Crippen LogP contribution in [0.15, 0.2) is 48.7 Å². The molecule has 3 nitrogen and oxygen atoms in total. The highest BCUT2D eigenvalue weighted by Crippen LogP contribution is 2.19. The highest BCUT2D eigenvalue weighted by atomic mass is 35.5. The highest BCUT2D eigenvalue weighted by molar-refractivity contribution is 6.31. The second-order valence-corrected chi connectivity index (χ2v) is 4.82. The van der Waals surface area contributed by atoms with Gasteiger partial charge in [0.25, 0.3) is 0 Å². The second-order valence-electron chi connectivity index (χ2n) is 4.42. The first-order chi connectivity index (χ1) is 10.1. The number of benzene rings is 2. The number of hydrogen-bond donors (Lipinski definition) is 2. The minimum atomic E-state index is -0.428. The normalized spacial score (nSPS) is 10.6. The maximum Gasteiger partial charge on any atom is 0.323 e. The van der Waals surface area contributed by atoms with Gasteiger partial charge in [-0.25, -0.2) is 9.18 Å². The van der Waals surface area contributed by atoms with Crippen LogP contribution in [0.4, 0.5) is 14.9 Å². The van der Waals surface area contributed by atoms with Gasteiger partial charge in [0.1, 0.15) is 5.82 Å². The summed E-state index contributed by atoms with van der Waals surface area (Å²) in [7, 11) is 0. The first-order valence-electron chi connectivity index (χ1n) is 6.31. The molecule has 0 aromatic heterocycles. The lowest BCUT2D eigenvalue weighted by molar-refractivity contribution is 0.255. The minimum absolute atomic E-state index is 0.346. The van der Waals surface area contributed by atoms with Crippen molar-refractivity contribution in [3.63, 3.8) is 0 Å². The molecule has 0 saturated carbocycles. The van der Waals surface area contributed by atoms with Crippen LogP contribution in [0.3, 0.4) is 0 Å². The van der Waals surface area contributed by atoms with Crippen LogP contribution >= 0.6 is 11.6 Å². The fourth-order valence-electron chi connectivity index (χ4n) is 1.66. The van der Waals surface area contributed by atoms with E-state index in [1.165, 1.54) is 18.3 Å². The van der Waals surface area contributed by atoms with E-state index in [0.29, 0.717) is 16.3 Å². The Kier molecular flexibility index (Phi) is 4.95. The van der Waals surface area contributed by atoms with Gasteiger partial charge in [-0.15, -0.1) is 0 Å². The molecule has 0 atom stereocenters. The molecule has 2 aromatic carbocycles. The van der Waals surface area contributed by atoms with Crippen molar-refractivity contribution in [3.05, 3.63) is 70.6 Å². The molecule has 21 heavy (non-hydrogen) atoms. The molecule has 0 bridgehead atoms. The fraction of sp³-hybridized carbons (Fsp3) is 0.0625. The van der Waals surface area contributed by atoms with E-state index in [0.717, 1.165) is 5.56 Å². The van der Waals surface area contributed by atoms with E-state index in [1.54, 1.807) is 30.3 Å². The summed E-state index contributed by atoms with van der Waals surface area (Å²) < 4.78 is 13.3. The van der Waals surface area contributed by atoms with Crippen LogP contribution in [0.5, 0.6) is 0 Å².